The molecule has 1 saturated heterocycles. The van der Waals surface area contributed by atoms with E-state index in [0.717, 1.165) is 16.8 Å². The number of fused-ring (bicyclic) bond motifs is 1. The van der Waals surface area contributed by atoms with Crippen LogP contribution in [0.4, 0.5) is 17.5 Å². The minimum atomic E-state index is -1.34. The molecule has 3 heterocycles. The number of carbonyl (C=O) groups excluding carboxylic acids is 1. The topological polar surface area (TPSA) is 172 Å². The Balaban J connectivity index is 1.45. The summed E-state index contributed by atoms with van der Waals surface area (Å²) in [7, 11) is 5.14. The zero-order valence-electron chi connectivity index (χ0n) is 22.2. The van der Waals surface area contributed by atoms with Gasteiger partial charge in [-0.25, -0.2) is 15.0 Å². The van der Waals surface area contributed by atoms with Gasteiger partial charge in [0.1, 0.15) is 30.4 Å². The Hall–Kier alpha value is -4.30. The van der Waals surface area contributed by atoms with Crippen molar-refractivity contribution in [2.24, 2.45) is 0 Å². The number of benzene rings is 2. The van der Waals surface area contributed by atoms with Crippen molar-refractivity contribution in [3.63, 3.8) is 0 Å². The molecule has 13 heteroatoms. The number of carbonyl (C=O) groups is 1. The molecule has 5 N–H and O–H groups in total. The number of anilines is 3. The molecular formula is C27H31N7O6. The summed E-state index contributed by atoms with van der Waals surface area (Å²) in [4.78, 5) is 28.1. The normalized spacial score (nSPS) is 20.6. The summed E-state index contributed by atoms with van der Waals surface area (Å²) in [5, 5.41) is 30.7. The van der Waals surface area contributed by atoms with Gasteiger partial charge in [-0.1, -0.05) is 24.3 Å². The van der Waals surface area contributed by atoms with Gasteiger partial charge in [-0.3, -0.25) is 9.36 Å². The van der Waals surface area contributed by atoms with Gasteiger partial charge in [0.25, 0.3) is 5.91 Å². The molecule has 0 aliphatic carbocycles. The Morgan fingerprint density at radius 2 is 1.82 bits per heavy atom. The van der Waals surface area contributed by atoms with Gasteiger partial charge in [-0.05, 0) is 35.4 Å². The Morgan fingerprint density at radius 3 is 2.50 bits per heavy atom. The molecule has 40 heavy (non-hydrogen) atoms. The first-order valence-corrected chi connectivity index (χ1v) is 12.6. The van der Waals surface area contributed by atoms with Gasteiger partial charge in [0.05, 0.1) is 6.61 Å². The molecule has 0 radical (unpaired) electrons. The Labute approximate surface area is 230 Å². The van der Waals surface area contributed by atoms with Crippen molar-refractivity contribution >= 4 is 34.5 Å². The number of nitrogen functional groups attached to an aromatic ring is 1. The predicted molar refractivity (Wildman–Crippen MR) is 147 cm³/mol. The lowest BCUT2D eigenvalue weighted by Gasteiger charge is -2.24. The smallest absolute Gasteiger partial charge is 0.259 e. The number of aliphatic hydroxyl groups is 3. The molecular weight excluding hydrogens is 518 g/mol. The second-order valence-corrected chi connectivity index (χ2v) is 9.65. The van der Waals surface area contributed by atoms with Crippen molar-refractivity contribution < 1.29 is 29.6 Å². The SMILES string of the molecule is CN(C)C(=O)COc1cccc(-c2ccc(N(C)c3nc4c(N)ncnc4n3[C@@H]3O[C@H](CO)[C@@H](O)[C@H]3O)cc2)c1. The monoisotopic (exact) mass is 549 g/mol. The molecule has 210 valence electrons. The number of likely N-dealkylation sites (N-methyl/N-ethyl adjacent to an activating group) is 1. The van der Waals surface area contributed by atoms with Crippen molar-refractivity contribution in [1.29, 1.82) is 0 Å². The Kier molecular flexibility index (Phi) is 7.54. The van der Waals surface area contributed by atoms with Gasteiger partial charge >= 0.3 is 0 Å². The van der Waals surface area contributed by atoms with Crippen molar-refractivity contribution in [1.82, 2.24) is 24.4 Å². The summed E-state index contributed by atoms with van der Waals surface area (Å²) in [6.45, 7) is -0.519. The van der Waals surface area contributed by atoms with Crippen molar-refractivity contribution in [2.75, 3.05) is 45.0 Å². The lowest BCUT2D eigenvalue weighted by Crippen LogP contribution is -2.33. The summed E-state index contributed by atoms with van der Waals surface area (Å²) < 4.78 is 13.0. The molecule has 13 nitrogen and oxygen atoms in total. The molecule has 1 aliphatic heterocycles. The second-order valence-electron chi connectivity index (χ2n) is 9.65. The first-order valence-electron chi connectivity index (χ1n) is 12.6. The van der Waals surface area contributed by atoms with E-state index in [-0.39, 0.29) is 18.3 Å². The summed E-state index contributed by atoms with van der Waals surface area (Å²) in [6.07, 6.45) is -3.42. The number of amides is 1. The van der Waals surface area contributed by atoms with E-state index in [2.05, 4.69) is 15.0 Å². The minimum absolute atomic E-state index is 0.0500. The van der Waals surface area contributed by atoms with Crippen molar-refractivity contribution in [2.45, 2.75) is 24.5 Å². The van der Waals surface area contributed by atoms with Crippen LogP contribution < -0.4 is 15.4 Å². The highest BCUT2D eigenvalue weighted by molar-refractivity contribution is 5.85. The van der Waals surface area contributed by atoms with Gasteiger partial charge in [-0.15, -0.1) is 0 Å². The largest absolute Gasteiger partial charge is 0.484 e. The molecule has 2 aromatic carbocycles. The Morgan fingerprint density at radius 1 is 1.07 bits per heavy atom. The van der Waals surface area contributed by atoms with Crippen LogP contribution >= 0.6 is 0 Å². The van der Waals surface area contributed by atoms with Crippen LogP contribution in [0.3, 0.4) is 0 Å². The second kappa shape index (κ2) is 11.1. The molecule has 1 fully saturated rings. The van der Waals surface area contributed by atoms with Gasteiger partial charge < -0.3 is 40.3 Å². The molecule has 4 atom stereocenters. The first-order chi connectivity index (χ1) is 19.2. The lowest BCUT2D eigenvalue weighted by atomic mass is 10.0. The van der Waals surface area contributed by atoms with Gasteiger partial charge in [0.15, 0.2) is 29.8 Å². The molecule has 0 bridgehead atoms. The van der Waals surface area contributed by atoms with Crippen LogP contribution in [-0.2, 0) is 9.53 Å². The molecule has 0 unspecified atom stereocenters. The van der Waals surface area contributed by atoms with Gasteiger partial charge in [0, 0.05) is 26.8 Å². The zero-order chi connectivity index (χ0) is 28.6. The van der Waals surface area contributed by atoms with Gasteiger partial charge in [-0.2, -0.15) is 0 Å². The highest BCUT2D eigenvalue weighted by Crippen LogP contribution is 2.38. The van der Waals surface area contributed by atoms with Gasteiger partial charge in [0.2, 0.25) is 5.95 Å². The summed E-state index contributed by atoms with van der Waals surface area (Å²) in [6, 6.07) is 15.1. The molecule has 5 rings (SSSR count). The summed E-state index contributed by atoms with van der Waals surface area (Å²) >= 11 is 0. The number of ether oxygens (including phenoxy) is 2. The molecule has 1 aliphatic rings. The Bertz CT molecular complexity index is 1510. The molecule has 1 amide bonds. The third-order valence-corrected chi connectivity index (χ3v) is 6.84. The average Bonchev–Trinajstić information content (AvgIpc) is 3.49. The molecule has 0 saturated carbocycles. The van der Waals surface area contributed by atoms with Crippen LogP contribution in [0.5, 0.6) is 5.75 Å². The fraction of sp³-hybridized carbons (Fsp3) is 0.333. The number of rotatable bonds is 8. The number of aliphatic hydroxyl groups excluding tert-OH is 3. The molecule has 4 aromatic rings. The zero-order valence-corrected chi connectivity index (χ0v) is 22.2. The number of aromatic nitrogens is 4. The maximum absolute atomic E-state index is 11.9. The first kappa shape index (κ1) is 27.3. The highest BCUT2D eigenvalue weighted by Gasteiger charge is 2.45. The van der Waals surface area contributed by atoms with Crippen molar-refractivity contribution in [3.8, 4) is 16.9 Å². The van der Waals surface area contributed by atoms with E-state index in [0.29, 0.717) is 22.9 Å². The van der Waals surface area contributed by atoms with E-state index in [1.807, 2.05) is 42.5 Å². The average molecular weight is 550 g/mol. The molecule has 0 spiro atoms. The summed E-state index contributed by atoms with van der Waals surface area (Å²) in [5.41, 5.74) is 9.28. The molecule has 2 aromatic heterocycles. The maximum Gasteiger partial charge on any atom is 0.259 e. The van der Waals surface area contributed by atoms with Crippen LogP contribution in [-0.4, -0.2) is 98.3 Å². The minimum Gasteiger partial charge on any atom is -0.484 e. The third-order valence-electron chi connectivity index (χ3n) is 6.84. The highest BCUT2D eigenvalue weighted by atomic mass is 16.6. The van der Waals surface area contributed by atoms with Crippen LogP contribution in [0.2, 0.25) is 0 Å². The fourth-order valence-electron chi connectivity index (χ4n) is 4.51. The van der Waals surface area contributed by atoms with E-state index in [1.54, 1.807) is 36.7 Å². The lowest BCUT2D eigenvalue weighted by molar-refractivity contribution is -0.130. The number of hydrogen-bond acceptors (Lipinski definition) is 11. The van der Waals surface area contributed by atoms with E-state index in [4.69, 9.17) is 15.2 Å². The third kappa shape index (κ3) is 5.02. The van der Waals surface area contributed by atoms with Crippen LogP contribution in [0, 0.1) is 0 Å². The number of nitrogens with zero attached hydrogens (tertiary/aromatic N) is 6. The van der Waals surface area contributed by atoms with Crippen LogP contribution in [0.15, 0.2) is 54.9 Å². The maximum atomic E-state index is 11.9. The summed E-state index contributed by atoms with van der Waals surface area (Å²) in [5.74, 6) is 0.939. The predicted octanol–water partition coefficient (Wildman–Crippen LogP) is 0.922. The van der Waals surface area contributed by atoms with E-state index in [1.165, 1.54) is 11.2 Å². The fourth-order valence-corrected chi connectivity index (χ4v) is 4.51. The number of hydrogen-bond donors (Lipinski definition) is 4. The standard InChI is InChI=1S/C27H31N7O6/c1-32(2)20(36)13-39-18-6-4-5-16(11-18)15-7-9-17(10-8-15)33(3)27-31-21-24(28)29-14-30-25(21)34(27)26-23(38)22(37)19(12-35)40-26/h4-11,14,19,22-23,26,35,37-38H,12-13H2,1-3H3,(H2,28,29,30)/t19-,22-,23-,26-/m1/s1. The number of nitrogens with two attached hydrogens (primary N) is 1. The van der Waals surface area contributed by atoms with E-state index in [9.17, 15) is 20.1 Å². The van der Waals surface area contributed by atoms with Crippen LogP contribution in [0.1, 0.15) is 6.23 Å². The van der Waals surface area contributed by atoms with Crippen LogP contribution in [0.25, 0.3) is 22.3 Å². The van der Waals surface area contributed by atoms with E-state index >= 15 is 0 Å². The number of imidazole rings is 1. The van der Waals surface area contributed by atoms with E-state index < -0.39 is 31.1 Å². The quantitative estimate of drug-likeness (QED) is 0.246. The van der Waals surface area contributed by atoms with Crippen molar-refractivity contribution in [3.05, 3.63) is 54.9 Å².